The number of benzene rings is 6. The van der Waals surface area contributed by atoms with E-state index in [9.17, 15) is 5.11 Å². The SMILES string of the molecule is CN1c2cccc(-c3[c-]c(-c4ccc([Si](C)(C)C)cn4)cc(-c4ccccc4)c3)c2[N-]C1c1cc(N(c2ccccc2)c2ccccc2)cc(C(C)(C)C)c1O.[Pt+2]. The normalized spacial score (nSPS) is 13.7. The summed E-state index contributed by atoms with van der Waals surface area (Å²) in [5.74, 6) is 0.269. The molecule has 0 saturated heterocycles. The first-order chi connectivity index (χ1) is 26.9. The molecule has 0 spiro atoms. The Kier molecular flexibility index (Phi) is 11.1. The quantitative estimate of drug-likeness (QED) is 0.122. The van der Waals surface area contributed by atoms with Crippen molar-refractivity contribution >= 4 is 41.7 Å². The molecule has 0 aliphatic carbocycles. The third kappa shape index (κ3) is 7.94. The zero-order valence-electron chi connectivity index (χ0n) is 33.6. The van der Waals surface area contributed by atoms with E-state index in [0.29, 0.717) is 0 Å². The molecule has 0 amide bonds. The number of hydrogen-bond acceptors (Lipinski definition) is 4. The predicted molar refractivity (Wildman–Crippen MR) is 238 cm³/mol. The van der Waals surface area contributed by atoms with Gasteiger partial charge in [0.1, 0.15) is 5.75 Å². The van der Waals surface area contributed by atoms with Gasteiger partial charge in [0.25, 0.3) is 0 Å². The molecule has 1 aromatic heterocycles. The fraction of sp³-hybridized carbons (Fsp3) is 0.180. The molecular weight excluding hydrogens is 896 g/mol. The molecule has 0 radical (unpaired) electrons. The summed E-state index contributed by atoms with van der Waals surface area (Å²) in [6.45, 7) is 13.5. The summed E-state index contributed by atoms with van der Waals surface area (Å²) < 4.78 is 0. The molecule has 1 aliphatic rings. The number of nitrogens with zero attached hydrogens (tertiary/aromatic N) is 4. The van der Waals surface area contributed by atoms with E-state index < -0.39 is 14.2 Å². The first-order valence-electron chi connectivity index (χ1n) is 19.3. The van der Waals surface area contributed by atoms with Gasteiger partial charge >= 0.3 is 21.1 Å². The van der Waals surface area contributed by atoms with Crippen LogP contribution in [-0.4, -0.2) is 25.2 Å². The Labute approximate surface area is 353 Å². The van der Waals surface area contributed by atoms with Gasteiger partial charge in [-0.3, -0.25) is 4.98 Å². The van der Waals surface area contributed by atoms with Gasteiger partial charge in [0, 0.05) is 52.8 Å². The zero-order valence-corrected chi connectivity index (χ0v) is 36.8. The summed E-state index contributed by atoms with van der Waals surface area (Å²) in [5, 5.41) is 19.0. The third-order valence-corrected chi connectivity index (χ3v) is 12.7. The van der Waals surface area contributed by atoms with E-state index in [0.717, 1.165) is 73.1 Å². The fourth-order valence-corrected chi connectivity index (χ4v) is 8.61. The molecule has 5 nitrogen and oxygen atoms in total. The number of hydrogen-bond donors (Lipinski definition) is 1. The number of phenolic OH excluding ortho intramolecular Hbond substituents is 1. The molecule has 288 valence electrons. The van der Waals surface area contributed by atoms with Crippen LogP contribution in [0.4, 0.5) is 28.4 Å². The second kappa shape index (κ2) is 15.8. The third-order valence-electron chi connectivity index (χ3n) is 10.7. The van der Waals surface area contributed by atoms with Gasteiger partial charge in [0.05, 0.1) is 8.07 Å². The van der Waals surface area contributed by atoms with Crippen molar-refractivity contribution in [1.82, 2.24) is 4.98 Å². The number of anilines is 4. The molecule has 1 aliphatic heterocycles. The molecule has 1 unspecified atom stereocenters. The number of pyridine rings is 1. The van der Waals surface area contributed by atoms with Crippen LogP contribution in [0, 0.1) is 6.07 Å². The van der Waals surface area contributed by atoms with Gasteiger partial charge in [0.15, 0.2) is 0 Å². The van der Waals surface area contributed by atoms with Crippen molar-refractivity contribution in [2.75, 3.05) is 16.8 Å². The van der Waals surface area contributed by atoms with Crippen molar-refractivity contribution in [3.63, 3.8) is 0 Å². The van der Waals surface area contributed by atoms with E-state index in [2.05, 4.69) is 191 Å². The molecular formula is C50H48N4OPtSi. The van der Waals surface area contributed by atoms with Gasteiger partial charge in [0.2, 0.25) is 0 Å². The number of phenols is 1. The number of aromatic hydroxyl groups is 1. The topological polar surface area (TPSA) is 53.7 Å². The number of fused-ring (bicyclic) bond motifs is 1. The Hall–Kier alpha value is -5.42. The smallest absolute Gasteiger partial charge is 0.666 e. The van der Waals surface area contributed by atoms with Crippen LogP contribution in [0.2, 0.25) is 19.6 Å². The molecule has 0 fully saturated rings. The minimum absolute atomic E-state index is 0. The maximum Gasteiger partial charge on any atom is 2.00 e. The Morgan fingerprint density at radius 1 is 0.702 bits per heavy atom. The monoisotopic (exact) mass is 943 g/mol. The number of rotatable bonds is 8. The fourth-order valence-electron chi connectivity index (χ4n) is 7.57. The summed E-state index contributed by atoms with van der Waals surface area (Å²) in [7, 11) is 0.557. The summed E-state index contributed by atoms with van der Waals surface area (Å²) in [4.78, 5) is 9.40. The second-order valence-corrected chi connectivity index (χ2v) is 21.8. The zero-order chi connectivity index (χ0) is 39.2. The van der Waals surface area contributed by atoms with Crippen LogP contribution < -0.4 is 15.0 Å². The maximum atomic E-state index is 12.2. The number of aromatic nitrogens is 1. The van der Waals surface area contributed by atoms with E-state index in [1.165, 1.54) is 5.19 Å². The minimum atomic E-state index is -1.51. The minimum Gasteiger partial charge on any atom is -0.666 e. The van der Waals surface area contributed by atoms with Crippen LogP contribution in [0.25, 0.3) is 38.8 Å². The van der Waals surface area contributed by atoms with Gasteiger partial charge < -0.3 is 20.2 Å². The summed E-state index contributed by atoms with van der Waals surface area (Å²) in [6.07, 6.45) is 1.58. The van der Waals surface area contributed by atoms with Crippen molar-refractivity contribution in [3.8, 4) is 39.3 Å². The van der Waals surface area contributed by atoms with Gasteiger partial charge in [-0.25, -0.2) is 0 Å². The molecule has 1 N–H and O–H groups in total. The molecule has 0 bridgehead atoms. The van der Waals surface area contributed by atoms with Crippen LogP contribution in [0.15, 0.2) is 152 Å². The van der Waals surface area contributed by atoms with E-state index in [1.807, 2.05) is 24.4 Å². The van der Waals surface area contributed by atoms with Gasteiger partial charge in [-0.2, -0.15) is 0 Å². The molecule has 0 saturated carbocycles. The van der Waals surface area contributed by atoms with Crippen molar-refractivity contribution in [2.45, 2.75) is 52.0 Å². The first-order valence-corrected chi connectivity index (χ1v) is 22.8. The summed E-state index contributed by atoms with van der Waals surface area (Å²) in [5.41, 5.74) is 12.1. The van der Waals surface area contributed by atoms with Gasteiger partial charge in [-0.1, -0.05) is 148 Å². The molecule has 6 aromatic carbocycles. The van der Waals surface area contributed by atoms with Gasteiger partial charge in [-0.05, 0) is 64.8 Å². The summed E-state index contributed by atoms with van der Waals surface area (Å²) in [6, 6.07) is 54.4. The molecule has 7 aromatic rings. The average Bonchev–Trinajstić information content (AvgIpc) is 3.54. The largest absolute Gasteiger partial charge is 2.00 e. The van der Waals surface area contributed by atoms with E-state index in [-0.39, 0.29) is 32.2 Å². The van der Waals surface area contributed by atoms with E-state index in [4.69, 9.17) is 10.3 Å². The molecule has 8 rings (SSSR count). The Morgan fingerprint density at radius 3 is 1.89 bits per heavy atom. The average molecular weight is 944 g/mol. The van der Waals surface area contributed by atoms with Gasteiger partial charge in [-0.15, -0.1) is 29.4 Å². The van der Waals surface area contributed by atoms with Crippen molar-refractivity contribution < 1.29 is 26.2 Å². The Balaban J connectivity index is 0.00000496. The van der Waals surface area contributed by atoms with E-state index >= 15 is 0 Å². The van der Waals surface area contributed by atoms with Crippen molar-refractivity contribution in [1.29, 1.82) is 0 Å². The van der Waals surface area contributed by atoms with Crippen LogP contribution in [0.3, 0.4) is 0 Å². The number of para-hydroxylation sites is 3. The predicted octanol–water partition coefficient (Wildman–Crippen LogP) is 13.1. The van der Waals surface area contributed by atoms with Crippen LogP contribution in [0.1, 0.15) is 38.1 Å². The van der Waals surface area contributed by atoms with Crippen LogP contribution in [0.5, 0.6) is 5.75 Å². The standard InChI is InChI=1S/C50H48N4OSi.Pt/c1-50(2,3)44-32-40(54(38-20-13-9-14-21-38)39-22-15-10-16-23-39)31-43(48(44)55)49-52-47-42(24-17-25-46(47)53(49)4)36-28-35(34-18-11-8-12-19-34)29-37(30-36)45-27-26-41(33-51-45)56(5,6)7;/h8-29,31-33,49,55H,1-7H3;/q-2;+2. The van der Waals surface area contributed by atoms with Crippen molar-refractivity contribution in [3.05, 3.63) is 174 Å². The van der Waals surface area contributed by atoms with Crippen LogP contribution in [-0.2, 0) is 26.5 Å². The Bertz CT molecular complexity index is 2460. The van der Waals surface area contributed by atoms with E-state index in [1.54, 1.807) is 0 Å². The molecule has 1 atom stereocenters. The maximum absolute atomic E-state index is 12.2. The Morgan fingerprint density at radius 2 is 1.32 bits per heavy atom. The first kappa shape index (κ1) is 39.8. The molecule has 7 heteroatoms. The molecule has 57 heavy (non-hydrogen) atoms. The van der Waals surface area contributed by atoms with Crippen LogP contribution >= 0.6 is 0 Å². The second-order valence-electron chi connectivity index (χ2n) is 16.7. The van der Waals surface area contributed by atoms with Crippen molar-refractivity contribution in [2.24, 2.45) is 0 Å². The summed E-state index contributed by atoms with van der Waals surface area (Å²) >= 11 is 0. The molecule has 2 heterocycles.